The van der Waals surface area contributed by atoms with Crippen LogP contribution in [-0.4, -0.2) is 22.6 Å². The van der Waals surface area contributed by atoms with E-state index in [1.807, 2.05) is 0 Å². The van der Waals surface area contributed by atoms with E-state index in [9.17, 15) is 9.18 Å². The second-order valence-corrected chi connectivity index (χ2v) is 4.37. The molecule has 1 aliphatic rings. The molecular weight excluding hydrogens is 223 g/mol. The number of carboxylic acids is 1. The molecule has 1 aliphatic carbocycles. The number of carboxylic acid groups (broad SMARTS) is 1. The normalized spacial score (nSPS) is 15.4. The summed E-state index contributed by atoms with van der Waals surface area (Å²) in [6, 6.07) is 0.987. The van der Waals surface area contributed by atoms with Gasteiger partial charge in [-0.15, -0.1) is 0 Å². The van der Waals surface area contributed by atoms with Gasteiger partial charge in [0, 0.05) is 6.54 Å². The zero-order chi connectivity index (χ0) is 12.3. The first kappa shape index (κ1) is 11.8. The number of nitrogens with zero attached hydrogens (tertiary/aromatic N) is 1. The molecule has 0 aromatic carbocycles. The van der Waals surface area contributed by atoms with E-state index < -0.39 is 11.8 Å². The maximum Gasteiger partial charge on any atom is 0.339 e. The molecule has 2 rings (SSSR count). The minimum atomic E-state index is -1.16. The van der Waals surface area contributed by atoms with Crippen LogP contribution in [-0.2, 0) is 0 Å². The fraction of sp³-hybridized carbons (Fsp3) is 0.500. The lowest BCUT2D eigenvalue weighted by molar-refractivity contribution is 0.0697. The van der Waals surface area contributed by atoms with Crippen molar-refractivity contribution in [2.75, 3.05) is 11.9 Å². The van der Waals surface area contributed by atoms with Gasteiger partial charge >= 0.3 is 5.97 Å². The minimum Gasteiger partial charge on any atom is -0.478 e. The average molecular weight is 238 g/mol. The van der Waals surface area contributed by atoms with Gasteiger partial charge in [0.25, 0.3) is 0 Å². The van der Waals surface area contributed by atoms with Crippen molar-refractivity contribution in [3.05, 3.63) is 23.6 Å². The molecular formula is C12H15FN2O2. The van der Waals surface area contributed by atoms with Crippen molar-refractivity contribution >= 4 is 11.8 Å². The zero-order valence-corrected chi connectivity index (χ0v) is 9.45. The van der Waals surface area contributed by atoms with E-state index in [1.165, 1.54) is 19.3 Å². The molecule has 2 N–H and O–H groups in total. The summed E-state index contributed by atoms with van der Waals surface area (Å²) in [7, 11) is 0. The third-order valence-electron chi connectivity index (χ3n) is 3.15. The Kier molecular flexibility index (Phi) is 3.56. The number of hydrogen-bond donors (Lipinski definition) is 2. The first-order valence-electron chi connectivity index (χ1n) is 5.79. The molecule has 4 nitrogen and oxygen atoms in total. The number of rotatable bonds is 5. The fourth-order valence-corrected chi connectivity index (χ4v) is 1.92. The molecule has 0 saturated heterocycles. The second-order valence-electron chi connectivity index (χ2n) is 4.37. The van der Waals surface area contributed by atoms with E-state index in [2.05, 4.69) is 10.3 Å². The molecule has 1 aromatic heterocycles. The smallest absolute Gasteiger partial charge is 0.339 e. The lowest BCUT2D eigenvalue weighted by Crippen LogP contribution is -2.17. The molecule has 0 bridgehead atoms. The third-order valence-corrected chi connectivity index (χ3v) is 3.15. The highest BCUT2D eigenvalue weighted by molar-refractivity contribution is 5.93. The van der Waals surface area contributed by atoms with Crippen LogP contribution >= 0.6 is 0 Å². The van der Waals surface area contributed by atoms with Crippen molar-refractivity contribution in [3.8, 4) is 0 Å². The SMILES string of the molecule is O=C(O)c1cc(F)cnc1NCCC1CCC1. The summed E-state index contributed by atoms with van der Waals surface area (Å²) in [5, 5.41) is 11.9. The van der Waals surface area contributed by atoms with E-state index in [1.54, 1.807) is 0 Å². The van der Waals surface area contributed by atoms with Crippen LogP contribution in [0.25, 0.3) is 0 Å². The summed E-state index contributed by atoms with van der Waals surface area (Å²) in [6.07, 6.45) is 5.84. The number of aromatic carboxylic acids is 1. The van der Waals surface area contributed by atoms with Gasteiger partial charge in [0.05, 0.1) is 6.20 Å². The molecule has 17 heavy (non-hydrogen) atoms. The van der Waals surface area contributed by atoms with Crippen molar-refractivity contribution in [1.82, 2.24) is 4.98 Å². The molecule has 1 fully saturated rings. The van der Waals surface area contributed by atoms with Gasteiger partial charge in [-0.3, -0.25) is 0 Å². The lowest BCUT2D eigenvalue weighted by atomic mass is 9.83. The minimum absolute atomic E-state index is 0.112. The number of anilines is 1. The number of aromatic nitrogens is 1. The summed E-state index contributed by atoms with van der Waals surface area (Å²) in [5.74, 6) is -0.801. The summed E-state index contributed by atoms with van der Waals surface area (Å²) in [4.78, 5) is 14.7. The molecule has 1 heterocycles. The van der Waals surface area contributed by atoms with Crippen LogP contribution in [0.15, 0.2) is 12.3 Å². The molecule has 0 amide bonds. The molecule has 1 saturated carbocycles. The average Bonchev–Trinajstić information content (AvgIpc) is 2.23. The number of halogens is 1. The second kappa shape index (κ2) is 5.12. The predicted molar refractivity (Wildman–Crippen MR) is 61.6 cm³/mol. The summed E-state index contributed by atoms with van der Waals surface area (Å²) >= 11 is 0. The Morgan fingerprint density at radius 3 is 2.94 bits per heavy atom. The number of hydrogen-bond acceptors (Lipinski definition) is 3. The quantitative estimate of drug-likeness (QED) is 0.827. The highest BCUT2D eigenvalue weighted by atomic mass is 19.1. The van der Waals surface area contributed by atoms with Crippen LogP contribution in [0, 0.1) is 11.7 Å². The summed E-state index contributed by atoms with van der Waals surface area (Å²) < 4.78 is 12.9. The molecule has 92 valence electrons. The molecule has 0 unspecified atom stereocenters. The first-order valence-corrected chi connectivity index (χ1v) is 5.79. The highest BCUT2D eigenvalue weighted by Gasteiger charge is 2.17. The standard InChI is InChI=1S/C12H15FN2O2/c13-9-6-10(12(16)17)11(15-7-9)14-5-4-8-2-1-3-8/h6-8H,1-5H2,(H,14,15)(H,16,17). The fourth-order valence-electron chi connectivity index (χ4n) is 1.92. The van der Waals surface area contributed by atoms with E-state index in [4.69, 9.17) is 5.11 Å². The molecule has 5 heteroatoms. The lowest BCUT2D eigenvalue weighted by Gasteiger charge is -2.25. The highest BCUT2D eigenvalue weighted by Crippen LogP contribution is 2.29. The van der Waals surface area contributed by atoms with Crippen molar-refractivity contribution < 1.29 is 14.3 Å². The topological polar surface area (TPSA) is 62.2 Å². The van der Waals surface area contributed by atoms with Crippen molar-refractivity contribution in [2.24, 2.45) is 5.92 Å². The van der Waals surface area contributed by atoms with Gasteiger partial charge < -0.3 is 10.4 Å². The number of pyridine rings is 1. The van der Waals surface area contributed by atoms with Gasteiger partial charge in [0.1, 0.15) is 17.2 Å². The summed E-state index contributed by atoms with van der Waals surface area (Å²) in [5.41, 5.74) is -0.112. The molecule has 0 spiro atoms. The van der Waals surface area contributed by atoms with Gasteiger partial charge in [-0.1, -0.05) is 19.3 Å². The van der Waals surface area contributed by atoms with E-state index in [-0.39, 0.29) is 11.4 Å². The van der Waals surface area contributed by atoms with Crippen molar-refractivity contribution in [2.45, 2.75) is 25.7 Å². The van der Waals surface area contributed by atoms with Gasteiger partial charge in [0.2, 0.25) is 0 Å². The Labute approximate surface area is 98.9 Å². The van der Waals surface area contributed by atoms with Gasteiger partial charge in [-0.05, 0) is 18.4 Å². The van der Waals surface area contributed by atoms with Gasteiger partial charge in [-0.25, -0.2) is 14.2 Å². The van der Waals surface area contributed by atoms with Crippen LogP contribution in [0.1, 0.15) is 36.0 Å². The first-order chi connectivity index (χ1) is 8.16. The Bertz CT molecular complexity index is 419. The van der Waals surface area contributed by atoms with Gasteiger partial charge in [0.15, 0.2) is 0 Å². The van der Waals surface area contributed by atoms with Crippen LogP contribution < -0.4 is 5.32 Å². The molecule has 0 aliphatic heterocycles. The van der Waals surface area contributed by atoms with E-state index in [0.29, 0.717) is 6.54 Å². The van der Waals surface area contributed by atoms with Crippen LogP contribution in [0.4, 0.5) is 10.2 Å². The monoisotopic (exact) mass is 238 g/mol. The van der Waals surface area contributed by atoms with Crippen molar-refractivity contribution in [1.29, 1.82) is 0 Å². The Morgan fingerprint density at radius 1 is 1.59 bits per heavy atom. The maximum absolute atomic E-state index is 12.9. The van der Waals surface area contributed by atoms with E-state index >= 15 is 0 Å². The predicted octanol–water partition coefficient (Wildman–Crippen LogP) is 2.52. The Hall–Kier alpha value is -1.65. The Balaban J connectivity index is 1.96. The third kappa shape index (κ3) is 2.93. The zero-order valence-electron chi connectivity index (χ0n) is 9.45. The molecule has 0 atom stereocenters. The maximum atomic E-state index is 12.9. The van der Waals surface area contributed by atoms with Crippen LogP contribution in [0.2, 0.25) is 0 Å². The molecule has 1 aromatic rings. The van der Waals surface area contributed by atoms with E-state index in [0.717, 1.165) is 24.6 Å². The largest absolute Gasteiger partial charge is 0.478 e. The number of carbonyl (C=O) groups is 1. The van der Waals surface area contributed by atoms with Crippen molar-refractivity contribution in [3.63, 3.8) is 0 Å². The molecule has 0 radical (unpaired) electrons. The number of nitrogens with one attached hydrogen (secondary N) is 1. The summed E-state index contributed by atoms with van der Waals surface area (Å²) in [6.45, 7) is 0.684. The Morgan fingerprint density at radius 2 is 2.35 bits per heavy atom. The van der Waals surface area contributed by atoms with Crippen LogP contribution in [0.3, 0.4) is 0 Å². The van der Waals surface area contributed by atoms with Gasteiger partial charge in [-0.2, -0.15) is 0 Å². The van der Waals surface area contributed by atoms with Crippen LogP contribution in [0.5, 0.6) is 0 Å².